The molecule has 0 bridgehead atoms. The van der Waals surface area contributed by atoms with Crippen molar-refractivity contribution >= 4 is 40.4 Å². The van der Waals surface area contributed by atoms with Crippen LogP contribution in [0.2, 0.25) is 0 Å². The first-order valence-corrected chi connectivity index (χ1v) is 6.82. The second-order valence-corrected chi connectivity index (χ2v) is 5.59. The lowest BCUT2D eigenvalue weighted by atomic mass is 9.93. The van der Waals surface area contributed by atoms with E-state index in [0.29, 0.717) is 11.4 Å². The van der Waals surface area contributed by atoms with E-state index in [4.69, 9.17) is 18.0 Å². The molecule has 1 atom stereocenters. The molecule has 6 heteroatoms. The summed E-state index contributed by atoms with van der Waals surface area (Å²) in [6.07, 6.45) is 0. The van der Waals surface area contributed by atoms with Gasteiger partial charge in [0.25, 0.3) is 0 Å². The van der Waals surface area contributed by atoms with E-state index >= 15 is 0 Å². The molecule has 0 aliphatic carbocycles. The summed E-state index contributed by atoms with van der Waals surface area (Å²) in [5.74, 6) is -1.03. The van der Waals surface area contributed by atoms with Crippen molar-refractivity contribution in [3.63, 3.8) is 0 Å². The van der Waals surface area contributed by atoms with Gasteiger partial charge in [-0.2, -0.15) is 0 Å². The fourth-order valence-corrected chi connectivity index (χ4v) is 2.71. The highest BCUT2D eigenvalue weighted by Gasteiger charge is 2.34. The van der Waals surface area contributed by atoms with Crippen LogP contribution in [0.1, 0.15) is 13.8 Å². The van der Waals surface area contributed by atoms with E-state index in [1.165, 1.54) is 4.90 Å². The largest absolute Gasteiger partial charge is 0.393 e. The normalized spacial score (nSPS) is 15.6. The van der Waals surface area contributed by atoms with Gasteiger partial charge in [0, 0.05) is 0 Å². The summed E-state index contributed by atoms with van der Waals surface area (Å²) in [7, 11) is 0. The summed E-state index contributed by atoms with van der Waals surface area (Å²) < 4.78 is 0. The van der Waals surface area contributed by atoms with Gasteiger partial charge in [0.1, 0.15) is 6.54 Å². The maximum absolute atomic E-state index is 12.7. The SMILES string of the molecule is CC(C)C(C(=O)N1CC(=O)Nc2ccccc21)C(N)=S. The van der Waals surface area contributed by atoms with Gasteiger partial charge in [-0.05, 0) is 18.1 Å². The van der Waals surface area contributed by atoms with Gasteiger partial charge >= 0.3 is 0 Å². The minimum atomic E-state index is -0.566. The maximum Gasteiger partial charge on any atom is 0.244 e. The predicted octanol–water partition coefficient (Wildman–Crippen LogP) is 1.53. The van der Waals surface area contributed by atoms with Crippen LogP contribution in [-0.4, -0.2) is 23.3 Å². The smallest absolute Gasteiger partial charge is 0.244 e. The van der Waals surface area contributed by atoms with E-state index in [9.17, 15) is 9.59 Å². The first kappa shape index (κ1) is 14.5. The Morgan fingerprint density at radius 2 is 2.05 bits per heavy atom. The number of hydrogen-bond acceptors (Lipinski definition) is 3. The van der Waals surface area contributed by atoms with Crippen LogP contribution in [-0.2, 0) is 9.59 Å². The molecule has 5 nitrogen and oxygen atoms in total. The zero-order valence-electron chi connectivity index (χ0n) is 11.4. The molecular weight excluding hydrogens is 274 g/mol. The van der Waals surface area contributed by atoms with E-state index in [-0.39, 0.29) is 29.3 Å². The minimum Gasteiger partial charge on any atom is -0.393 e. The van der Waals surface area contributed by atoms with Crippen molar-refractivity contribution in [2.45, 2.75) is 13.8 Å². The first-order valence-electron chi connectivity index (χ1n) is 6.41. The quantitative estimate of drug-likeness (QED) is 0.828. The van der Waals surface area contributed by atoms with Crippen LogP contribution in [0.25, 0.3) is 0 Å². The van der Waals surface area contributed by atoms with Gasteiger partial charge in [0.15, 0.2) is 0 Å². The van der Waals surface area contributed by atoms with Crippen LogP contribution in [0.3, 0.4) is 0 Å². The van der Waals surface area contributed by atoms with Crippen molar-refractivity contribution in [2.24, 2.45) is 17.6 Å². The molecule has 0 spiro atoms. The first-order chi connectivity index (χ1) is 9.41. The molecule has 0 aromatic heterocycles. The van der Waals surface area contributed by atoms with Gasteiger partial charge in [0.05, 0.1) is 22.3 Å². The van der Waals surface area contributed by atoms with Crippen molar-refractivity contribution in [3.8, 4) is 0 Å². The van der Waals surface area contributed by atoms with Crippen molar-refractivity contribution in [2.75, 3.05) is 16.8 Å². The third-order valence-corrected chi connectivity index (χ3v) is 3.53. The van der Waals surface area contributed by atoms with E-state index in [1.807, 2.05) is 19.9 Å². The Labute approximate surface area is 123 Å². The summed E-state index contributed by atoms with van der Waals surface area (Å²) >= 11 is 5.00. The van der Waals surface area contributed by atoms with Crippen LogP contribution in [0.4, 0.5) is 11.4 Å². The molecule has 0 fully saturated rings. The fraction of sp³-hybridized carbons (Fsp3) is 0.357. The molecular formula is C14H17N3O2S. The van der Waals surface area contributed by atoms with Crippen molar-refractivity contribution in [3.05, 3.63) is 24.3 Å². The van der Waals surface area contributed by atoms with Crippen LogP contribution in [0.5, 0.6) is 0 Å². The van der Waals surface area contributed by atoms with Gasteiger partial charge in [-0.3, -0.25) is 9.59 Å². The number of thiocarbonyl (C=S) groups is 1. The zero-order chi connectivity index (χ0) is 14.9. The van der Waals surface area contributed by atoms with Gasteiger partial charge < -0.3 is 16.0 Å². The summed E-state index contributed by atoms with van der Waals surface area (Å²) in [6.45, 7) is 3.76. The standard InChI is InChI=1S/C14H17N3O2S/c1-8(2)12(13(15)20)14(19)17-7-11(18)16-9-5-3-4-6-10(9)17/h3-6,8,12H,7H2,1-2H3,(H2,15,20)(H,16,18). The maximum atomic E-state index is 12.7. The van der Waals surface area contributed by atoms with E-state index in [1.54, 1.807) is 18.2 Å². The van der Waals surface area contributed by atoms with Crippen LogP contribution in [0, 0.1) is 11.8 Å². The van der Waals surface area contributed by atoms with Gasteiger partial charge in [-0.25, -0.2) is 0 Å². The summed E-state index contributed by atoms with van der Waals surface area (Å²) in [5, 5.41) is 2.75. The van der Waals surface area contributed by atoms with Gasteiger partial charge in [0.2, 0.25) is 11.8 Å². The Morgan fingerprint density at radius 1 is 1.40 bits per heavy atom. The highest BCUT2D eigenvalue weighted by molar-refractivity contribution is 7.80. The molecule has 0 radical (unpaired) electrons. The molecule has 1 aromatic rings. The second kappa shape index (κ2) is 5.58. The van der Waals surface area contributed by atoms with Gasteiger partial charge in [-0.1, -0.05) is 38.2 Å². The summed E-state index contributed by atoms with van der Waals surface area (Å²) in [5.41, 5.74) is 6.99. The Bertz CT molecular complexity index is 571. The second-order valence-electron chi connectivity index (χ2n) is 5.11. The Morgan fingerprint density at radius 3 is 2.65 bits per heavy atom. The third kappa shape index (κ3) is 2.65. The number of anilines is 2. The number of nitrogens with zero attached hydrogens (tertiary/aromatic N) is 1. The fourth-order valence-electron chi connectivity index (χ4n) is 2.33. The Balaban J connectivity index is 2.39. The molecule has 1 aromatic carbocycles. The minimum absolute atomic E-state index is 0.0122. The third-order valence-electron chi connectivity index (χ3n) is 3.28. The molecule has 1 aliphatic rings. The topological polar surface area (TPSA) is 75.4 Å². The molecule has 1 aliphatic heterocycles. The number of carbonyl (C=O) groups is 2. The van der Waals surface area contributed by atoms with Crippen molar-refractivity contribution < 1.29 is 9.59 Å². The van der Waals surface area contributed by atoms with Crippen LogP contribution < -0.4 is 16.0 Å². The number of para-hydroxylation sites is 2. The molecule has 2 amide bonds. The highest BCUT2D eigenvalue weighted by Crippen LogP contribution is 2.31. The van der Waals surface area contributed by atoms with Crippen molar-refractivity contribution in [1.29, 1.82) is 0 Å². The number of fused-ring (bicyclic) bond motifs is 1. The number of nitrogens with two attached hydrogens (primary N) is 1. The van der Waals surface area contributed by atoms with E-state index < -0.39 is 5.92 Å². The average Bonchev–Trinajstić information content (AvgIpc) is 2.36. The van der Waals surface area contributed by atoms with E-state index in [2.05, 4.69) is 5.32 Å². The summed E-state index contributed by atoms with van der Waals surface area (Å²) in [4.78, 5) is 26.0. The van der Waals surface area contributed by atoms with Gasteiger partial charge in [-0.15, -0.1) is 0 Å². The lowest BCUT2D eigenvalue weighted by Gasteiger charge is -2.32. The van der Waals surface area contributed by atoms with Crippen LogP contribution >= 0.6 is 12.2 Å². The molecule has 2 rings (SSSR count). The highest BCUT2D eigenvalue weighted by atomic mass is 32.1. The lowest BCUT2D eigenvalue weighted by molar-refractivity contribution is -0.124. The molecule has 106 valence electrons. The molecule has 20 heavy (non-hydrogen) atoms. The zero-order valence-corrected chi connectivity index (χ0v) is 12.2. The number of rotatable bonds is 3. The Kier molecular flexibility index (Phi) is 4.04. The molecule has 0 saturated carbocycles. The van der Waals surface area contributed by atoms with Crippen molar-refractivity contribution in [1.82, 2.24) is 0 Å². The monoisotopic (exact) mass is 291 g/mol. The predicted molar refractivity (Wildman–Crippen MR) is 82.5 cm³/mol. The summed E-state index contributed by atoms with van der Waals surface area (Å²) in [6, 6.07) is 7.18. The number of carbonyl (C=O) groups excluding carboxylic acids is 2. The molecule has 0 saturated heterocycles. The van der Waals surface area contributed by atoms with Crippen LogP contribution in [0.15, 0.2) is 24.3 Å². The molecule has 1 unspecified atom stereocenters. The molecule has 3 N–H and O–H groups in total. The lowest BCUT2D eigenvalue weighted by Crippen LogP contribution is -2.48. The van der Waals surface area contributed by atoms with E-state index in [0.717, 1.165) is 0 Å². The number of nitrogens with one attached hydrogen (secondary N) is 1. The number of amides is 2. The number of benzene rings is 1. The average molecular weight is 291 g/mol. The molecule has 1 heterocycles. The number of hydrogen-bond donors (Lipinski definition) is 2. The Hall–Kier alpha value is -1.95.